The Morgan fingerprint density at radius 2 is 1.89 bits per heavy atom. The Balaban J connectivity index is 1.76. The van der Waals surface area contributed by atoms with Gasteiger partial charge in [0.25, 0.3) is 5.91 Å². The number of H-pyrrole nitrogens is 1. The molecule has 0 aliphatic carbocycles. The summed E-state index contributed by atoms with van der Waals surface area (Å²) < 4.78 is 0. The lowest BCUT2D eigenvalue weighted by Gasteiger charge is -2.10. The lowest BCUT2D eigenvalue weighted by Crippen LogP contribution is -2.13. The van der Waals surface area contributed by atoms with Crippen LogP contribution in [0.3, 0.4) is 0 Å². The molecule has 4 rings (SSSR count). The molecule has 0 saturated carbocycles. The van der Waals surface area contributed by atoms with Crippen LogP contribution in [0.2, 0.25) is 5.02 Å². The number of amides is 1. The zero-order valence-corrected chi connectivity index (χ0v) is 15.1. The minimum Gasteiger partial charge on any atom is -0.346 e. The summed E-state index contributed by atoms with van der Waals surface area (Å²) in [5.41, 5.74) is 3.72. The molecule has 2 aromatic carbocycles. The first-order chi connectivity index (χ1) is 13.2. The van der Waals surface area contributed by atoms with Gasteiger partial charge in [-0.25, -0.2) is 4.98 Å². The smallest absolute Gasteiger partial charge is 0.256 e. The highest BCUT2D eigenvalue weighted by Crippen LogP contribution is 2.25. The van der Waals surface area contributed by atoms with Crippen LogP contribution in [0.15, 0.2) is 79.1 Å². The summed E-state index contributed by atoms with van der Waals surface area (Å²) >= 11 is 6.03. The number of nitrogens with zero attached hydrogens (tertiary/aromatic N) is 1. The van der Waals surface area contributed by atoms with Gasteiger partial charge in [-0.3, -0.25) is 4.79 Å². The molecule has 0 unspecified atom stereocenters. The summed E-state index contributed by atoms with van der Waals surface area (Å²) in [6, 6.07) is 20.5. The molecule has 0 bridgehead atoms. The third kappa shape index (κ3) is 3.76. The van der Waals surface area contributed by atoms with Crippen LogP contribution >= 0.6 is 11.6 Å². The first-order valence-electron chi connectivity index (χ1n) is 8.47. The molecule has 0 saturated heterocycles. The second kappa shape index (κ2) is 7.48. The zero-order valence-electron chi connectivity index (χ0n) is 14.3. The first-order valence-corrected chi connectivity index (χ1v) is 8.84. The van der Waals surface area contributed by atoms with Gasteiger partial charge < -0.3 is 10.3 Å². The van der Waals surface area contributed by atoms with E-state index in [4.69, 9.17) is 11.6 Å². The number of hydrogen-bond acceptors (Lipinski definition) is 2. The van der Waals surface area contributed by atoms with Crippen molar-refractivity contribution in [2.24, 2.45) is 0 Å². The van der Waals surface area contributed by atoms with Gasteiger partial charge in [-0.15, -0.1) is 0 Å². The molecule has 0 aliphatic rings. The van der Waals surface area contributed by atoms with E-state index in [1.54, 1.807) is 24.4 Å². The van der Waals surface area contributed by atoms with Crippen molar-refractivity contribution in [1.82, 2.24) is 9.97 Å². The van der Waals surface area contributed by atoms with E-state index in [0.717, 1.165) is 22.2 Å². The number of hydrogen-bond donors (Lipinski definition) is 2. The van der Waals surface area contributed by atoms with Gasteiger partial charge in [-0.2, -0.15) is 0 Å². The number of aromatic amines is 1. The number of nitrogens with one attached hydrogen (secondary N) is 2. The lowest BCUT2D eigenvalue weighted by atomic mass is 10.0. The van der Waals surface area contributed by atoms with Crippen LogP contribution in [0.4, 0.5) is 5.69 Å². The standard InChI is InChI=1S/C22H16ClN3O/c23-17-8-4-9-18(13-17)26-22(27)20(15-6-2-1-3-7-15)12-16-14-25-21-19(16)10-5-11-24-21/h1-14H,(H,24,25)(H,26,27)/b20-12+. The molecular weight excluding hydrogens is 358 g/mol. The summed E-state index contributed by atoms with van der Waals surface area (Å²) in [7, 11) is 0. The molecule has 0 fully saturated rings. The van der Waals surface area contributed by atoms with E-state index in [2.05, 4.69) is 15.3 Å². The fraction of sp³-hybridized carbons (Fsp3) is 0. The predicted octanol–water partition coefficient (Wildman–Crippen LogP) is 5.40. The summed E-state index contributed by atoms with van der Waals surface area (Å²) in [6.07, 6.45) is 5.46. The Morgan fingerprint density at radius 1 is 1.04 bits per heavy atom. The normalized spacial score (nSPS) is 11.5. The van der Waals surface area contributed by atoms with Crippen molar-refractivity contribution in [3.8, 4) is 0 Å². The van der Waals surface area contributed by atoms with Crippen molar-refractivity contribution < 1.29 is 4.79 Å². The van der Waals surface area contributed by atoms with E-state index >= 15 is 0 Å². The highest BCUT2D eigenvalue weighted by Gasteiger charge is 2.14. The molecule has 132 valence electrons. The summed E-state index contributed by atoms with van der Waals surface area (Å²) in [5, 5.41) is 4.45. The monoisotopic (exact) mass is 373 g/mol. The maximum absolute atomic E-state index is 13.0. The topological polar surface area (TPSA) is 57.8 Å². The summed E-state index contributed by atoms with van der Waals surface area (Å²) in [4.78, 5) is 20.5. The number of carbonyl (C=O) groups is 1. The Kier molecular flexibility index (Phi) is 4.73. The van der Waals surface area contributed by atoms with E-state index in [1.807, 2.05) is 60.8 Å². The molecular formula is C22H16ClN3O. The lowest BCUT2D eigenvalue weighted by molar-refractivity contribution is -0.111. The average molecular weight is 374 g/mol. The van der Waals surface area contributed by atoms with Crippen molar-refractivity contribution in [1.29, 1.82) is 0 Å². The van der Waals surface area contributed by atoms with E-state index in [1.165, 1.54) is 0 Å². The van der Waals surface area contributed by atoms with Crippen LogP contribution < -0.4 is 5.32 Å². The van der Waals surface area contributed by atoms with Crippen molar-refractivity contribution in [2.75, 3.05) is 5.32 Å². The SMILES string of the molecule is O=C(Nc1cccc(Cl)c1)/C(=C/c1c[nH]c2ncccc12)c1ccccc1. The van der Waals surface area contributed by atoms with E-state index in [0.29, 0.717) is 16.3 Å². The molecule has 0 aliphatic heterocycles. The van der Waals surface area contributed by atoms with Crippen LogP contribution in [0.5, 0.6) is 0 Å². The van der Waals surface area contributed by atoms with E-state index in [-0.39, 0.29) is 5.91 Å². The van der Waals surface area contributed by atoms with Crippen LogP contribution in [-0.4, -0.2) is 15.9 Å². The van der Waals surface area contributed by atoms with Crippen molar-refractivity contribution in [3.05, 3.63) is 95.3 Å². The maximum atomic E-state index is 13.0. The molecule has 5 heteroatoms. The third-order valence-corrected chi connectivity index (χ3v) is 4.43. The third-order valence-electron chi connectivity index (χ3n) is 4.19. The van der Waals surface area contributed by atoms with E-state index in [9.17, 15) is 4.79 Å². The van der Waals surface area contributed by atoms with Gasteiger partial charge in [-0.05, 0) is 42.0 Å². The average Bonchev–Trinajstić information content (AvgIpc) is 3.10. The molecule has 4 aromatic rings. The van der Waals surface area contributed by atoms with Crippen molar-refractivity contribution in [3.63, 3.8) is 0 Å². The Labute approximate surface area is 161 Å². The largest absolute Gasteiger partial charge is 0.346 e. The molecule has 2 heterocycles. The number of rotatable bonds is 4. The molecule has 0 atom stereocenters. The quantitative estimate of drug-likeness (QED) is 0.471. The summed E-state index contributed by atoms with van der Waals surface area (Å²) in [6.45, 7) is 0. The van der Waals surface area contributed by atoms with Crippen LogP contribution in [0, 0.1) is 0 Å². The maximum Gasteiger partial charge on any atom is 0.256 e. The van der Waals surface area contributed by atoms with E-state index < -0.39 is 0 Å². The number of benzene rings is 2. The number of carbonyl (C=O) groups excluding carboxylic acids is 1. The Hall–Kier alpha value is -3.37. The number of fused-ring (bicyclic) bond motifs is 1. The van der Waals surface area contributed by atoms with Gasteiger partial charge in [0.05, 0.1) is 0 Å². The second-order valence-corrected chi connectivity index (χ2v) is 6.47. The van der Waals surface area contributed by atoms with Gasteiger partial charge in [0, 0.05) is 39.6 Å². The van der Waals surface area contributed by atoms with Gasteiger partial charge in [0.1, 0.15) is 5.65 Å². The number of halogens is 1. The fourth-order valence-corrected chi connectivity index (χ4v) is 3.10. The summed E-state index contributed by atoms with van der Waals surface area (Å²) in [5.74, 6) is -0.207. The molecule has 0 radical (unpaired) electrons. The molecule has 0 spiro atoms. The number of pyridine rings is 1. The highest BCUT2D eigenvalue weighted by atomic mass is 35.5. The van der Waals surface area contributed by atoms with Crippen LogP contribution in [0.25, 0.3) is 22.7 Å². The van der Waals surface area contributed by atoms with Gasteiger partial charge in [-0.1, -0.05) is 48.0 Å². The number of anilines is 1. The highest BCUT2D eigenvalue weighted by molar-refractivity contribution is 6.32. The molecule has 2 aromatic heterocycles. The van der Waals surface area contributed by atoms with Crippen LogP contribution in [-0.2, 0) is 4.79 Å². The molecule has 1 amide bonds. The van der Waals surface area contributed by atoms with Gasteiger partial charge >= 0.3 is 0 Å². The Bertz CT molecular complexity index is 1130. The Morgan fingerprint density at radius 3 is 2.70 bits per heavy atom. The fourth-order valence-electron chi connectivity index (χ4n) is 2.91. The minimum atomic E-state index is -0.207. The first kappa shape index (κ1) is 17.1. The van der Waals surface area contributed by atoms with Crippen molar-refractivity contribution >= 4 is 45.9 Å². The molecule has 2 N–H and O–H groups in total. The predicted molar refractivity (Wildman–Crippen MR) is 110 cm³/mol. The van der Waals surface area contributed by atoms with Crippen molar-refractivity contribution in [2.45, 2.75) is 0 Å². The number of aromatic nitrogens is 2. The van der Waals surface area contributed by atoms with Gasteiger partial charge in [0.15, 0.2) is 0 Å². The molecule has 27 heavy (non-hydrogen) atoms. The zero-order chi connectivity index (χ0) is 18.6. The second-order valence-electron chi connectivity index (χ2n) is 6.03. The minimum absolute atomic E-state index is 0.207. The van der Waals surface area contributed by atoms with Crippen LogP contribution in [0.1, 0.15) is 11.1 Å². The molecule has 4 nitrogen and oxygen atoms in total. The van der Waals surface area contributed by atoms with Gasteiger partial charge in [0.2, 0.25) is 0 Å².